The second-order valence-corrected chi connectivity index (χ2v) is 0. The van der Waals surface area contributed by atoms with Gasteiger partial charge in [0.05, 0.1) is 0 Å². The van der Waals surface area contributed by atoms with E-state index in [0.29, 0.717) is 0 Å². The van der Waals surface area contributed by atoms with Crippen LogP contribution in [0.15, 0.2) is 0 Å². The van der Waals surface area contributed by atoms with E-state index >= 15 is 0 Å². The molecular formula is H20Li4O18U-6. The van der Waals surface area contributed by atoms with Gasteiger partial charge in [-0.1, -0.05) is 0 Å². The van der Waals surface area contributed by atoms with Gasteiger partial charge in [-0.15, -0.1) is 0 Å². The Labute approximate surface area is 202 Å². The van der Waals surface area contributed by atoms with Gasteiger partial charge in [0.15, 0.2) is 0 Å². The fraction of sp³-hybridized carbons (Fsp3) is 0. The Hall–Kier alpha value is 2.72. The van der Waals surface area contributed by atoms with Gasteiger partial charge >= 0.3 is 75.4 Å². The van der Waals surface area contributed by atoms with Crippen molar-refractivity contribution in [2.45, 2.75) is 0 Å². The van der Waals surface area contributed by atoms with Crippen LogP contribution in [0.2, 0.25) is 0 Å². The summed E-state index contributed by atoms with van der Waals surface area (Å²) in [5.41, 5.74) is 0. The maximum atomic E-state index is 7.00. The molecule has 0 aliphatic carbocycles. The summed E-state index contributed by atoms with van der Waals surface area (Å²) in [6.45, 7) is 0. The van der Waals surface area contributed by atoms with E-state index in [1.54, 1.807) is 0 Å². The third-order valence-electron chi connectivity index (χ3n) is 0. The Kier molecular flexibility index (Phi) is 39200. The molecule has 0 atom stereocenters. The monoisotopic (exact) mass is 574 g/mol. The van der Waals surface area contributed by atoms with Crippen molar-refractivity contribution in [3.8, 4) is 0 Å². The standard InChI is InChI=1S/4Li.3O2.10H2O.2O.U/c;;;;3*1-2;;;;;;;;;;;;;/h;;;;;;;10*1H2;;;/q4*+1;3*-2;;;;;;;;;;;2*-2;. The molecule has 0 heterocycles. The van der Waals surface area contributed by atoms with Crippen molar-refractivity contribution in [2.24, 2.45) is 0 Å². The molecule has 0 fully saturated rings. The predicted octanol–water partition coefficient (Wildman–Crippen LogP) is -27.6. The van der Waals surface area contributed by atoms with Gasteiger partial charge in [0, 0.05) is 31.1 Å². The van der Waals surface area contributed by atoms with Gasteiger partial charge in [0.2, 0.25) is 0 Å². The van der Waals surface area contributed by atoms with Gasteiger partial charge in [-0.25, -0.2) is 0 Å². The summed E-state index contributed by atoms with van der Waals surface area (Å²) in [5.74, 6) is 0. The van der Waals surface area contributed by atoms with Gasteiger partial charge in [-0.2, -0.15) is 0 Å². The molecule has 0 radical (unpaired) electrons. The van der Waals surface area contributed by atoms with E-state index in [4.69, 9.17) is 31.5 Å². The molecule has 0 aromatic heterocycles. The van der Waals surface area contributed by atoms with E-state index in [2.05, 4.69) is 0 Å². The van der Waals surface area contributed by atoms with E-state index in [1.807, 2.05) is 0 Å². The summed E-state index contributed by atoms with van der Waals surface area (Å²) < 4.78 is 0. The molecule has 23 heavy (non-hydrogen) atoms. The van der Waals surface area contributed by atoms with E-state index in [0.717, 1.165) is 0 Å². The number of hydrogen-bond acceptors (Lipinski definition) is 6. The third-order valence-corrected chi connectivity index (χ3v) is 0. The molecule has 0 aromatic rings. The van der Waals surface area contributed by atoms with Crippen molar-refractivity contribution in [3.63, 3.8) is 0 Å². The Morgan fingerprint density at radius 1 is 0.261 bits per heavy atom. The molecule has 18 nitrogen and oxygen atoms in total. The van der Waals surface area contributed by atoms with Crippen molar-refractivity contribution in [1.82, 2.24) is 0 Å². The van der Waals surface area contributed by atoms with E-state index < -0.39 is 0 Å². The molecule has 0 amide bonds. The van der Waals surface area contributed by atoms with Crippen LogP contribution < -0.4 is 107 Å². The molecule has 20 N–H and O–H groups in total. The Morgan fingerprint density at radius 2 is 0.261 bits per heavy atom. The van der Waals surface area contributed by atoms with Crippen molar-refractivity contribution in [3.05, 3.63) is 0 Å². The van der Waals surface area contributed by atoms with Crippen molar-refractivity contribution >= 4 is 0 Å². The second kappa shape index (κ2) is 1880. The minimum Gasteiger partial charge on any atom is -2.00 e. The van der Waals surface area contributed by atoms with Gasteiger partial charge in [-0.3, -0.25) is 0 Å². The summed E-state index contributed by atoms with van der Waals surface area (Å²) in [6, 6.07) is 0. The average molecular weight is 574 g/mol. The van der Waals surface area contributed by atoms with E-state index in [9.17, 15) is 0 Å². The first-order chi connectivity index (χ1) is 3.00. The zero-order chi connectivity index (χ0) is 6.00. The van der Waals surface area contributed by atoms with Crippen LogP contribution in [0.4, 0.5) is 0 Å². The zero-order valence-corrected chi connectivity index (χ0v) is 16.9. The molecule has 23 heteroatoms. The maximum absolute atomic E-state index is 7.00. The zero-order valence-electron chi connectivity index (χ0n) is 12.8. The maximum Gasteiger partial charge on any atom is 1.00 e. The first kappa shape index (κ1) is 480. The van der Waals surface area contributed by atoms with Crippen LogP contribution in [0.3, 0.4) is 0 Å². The normalized spacial score (nSPS) is 0.783. The van der Waals surface area contributed by atoms with E-state index in [-0.39, 0.29) is 172 Å². The smallest absolute Gasteiger partial charge is 1.00 e. The largest absolute Gasteiger partial charge is 2.00 e. The van der Waals surface area contributed by atoms with Crippen molar-refractivity contribution < 1.29 is 204 Å². The minimum atomic E-state index is 0. The summed E-state index contributed by atoms with van der Waals surface area (Å²) in [4.78, 5) is 0. The quantitative estimate of drug-likeness (QED) is 0.153. The Bertz CT molecular complexity index is 21.0. The minimum absolute atomic E-state index is 0. The fourth-order valence-electron chi connectivity index (χ4n) is 0. The van der Waals surface area contributed by atoms with Crippen LogP contribution in [-0.4, -0.2) is 54.8 Å². The van der Waals surface area contributed by atoms with Crippen LogP contribution in [0.25, 0.3) is 0 Å². The molecule has 0 aliphatic rings. The van der Waals surface area contributed by atoms with Crippen LogP contribution in [-0.2, 0) is 11.0 Å². The molecule has 0 aromatic carbocycles. The number of hydrogen-bond donors (Lipinski definition) is 0. The topological polar surface area (TPSA) is 510 Å². The summed E-state index contributed by atoms with van der Waals surface area (Å²) in [7, 11) is 0. The van der Waals surface area contributed by atoms with Crippen LogP contribution in [0, 0.1) is 31.1 Å². The molecule has 0 spiro atoms. The van der Waals surface area contributed by atoms with Gasteiger partial charge < -0.3 is 97.3 Å². The molecule has 0 saturated heterocycles. The second-order valence-electron chi connectivity index (χ2n) is 0. The number of rotatable bonds is 0. The summed E-state index contributed by atoms with van der Waals surface area (Å²) in [6.07, 6.45) is 0. The molecule has 0 bridgehead atoms. The van der Waals surface area contributed by atoms with Gasteiger partial charge in [-0.05, 0) is 0 Å². The molecule has 0 aliphatic heterocycles. The molecular weight excluding hydrogens is 554 g/mol. The summed E-state index contributed by atoms with van der Waals surface area (Å²) >= 11 is 0. The third kappa shape index (κ3) is 1720. The van der Waals surface area contributed by atoms with Crippen molar-refractivity contribution in [1.29, 1.82) is 0 Å². The molecule has 0 saturated carbocycles. The van der Waals surface area contributed by atoms with E-state index in [1.165, 1.54) is 0 Å². The van der Waals surface area contributed by atoms with Crippen LogP contribution >= 0.6 is 0 Å². The average Bonchev–Trinajstić information content (AvgIpc) is 1.81. The molecule has 142 valence electrons. The molecule has 0 rings (SSSR count). The Balaban J connectivity index is -0.000000000238. The molecule has 0 unspecified atom stereocenters. The predicted molar refractivity (Wildman–Crippen MR) is 37.5 cm³/mol. The first-order valence-electron chi connectivity index (χ1n) is 0.500. The summed E-state index contributed by atoms with van der Waals surface area (Å²) in [5, 5.41) is 42.0. The Morgan fingerprint density at radius 3 is 0.261 bits per heavy atom. The van der Waals surface area contributed by atoms with Gasteiger partial charge in [0.25, 0.3) is 0 Å². The fourth-order valence-corrected chi connectivity index (χ4v) is 0. The van der Waals surface area contributed by atoms with Gasteiger partial charge in [0.1, 0.15) is 0 Å². The van der Waals surface area contributed by atoms with Crippen LogP contribution in [0.5, 0.6) is 0 Å². The SMILES string of the molecule is O.O.O.O.O.O.O.O.O.O.[Li+].[Li+].[Li+].[Li+].[O-2].[O-2].[O-][O-].[O-][O-].[O-][O-].[U]. The van der Waals surface area contributed by atoms with Crippen LogP contribution in [0.1, 0.15) is 0 Å². The first-order valence-corrected chi connectivity index (χ1v) is 0.500. The van der Waals surface area contributed by atoms with Crippen molar-refractivity contribution in [2.75, 3.05) is 0 Å².